The number of amides is 1. The number of aromatic nitrogens is 2. The highest BCUT2D eigenvalue weighted by molar-refractivity contribution is 6.34. The number of rotatable bonds is 5. The molecule has 0 spiro atoms. The Morgan fingerprint density at radius 3 is 2.48 bits per heavy atom. The van der Waals surface area contributed by atoms with Crippen LogP contribution >= 0.6 is 11.6 Å². The van der Waals surface area contributed by atoms with Crippen LogP contribution in [0.1, 0.15) is 16.2 Å². The van der Waals surface area contributed by atoms with E-state index in [1.807, 2.05) is 42.2 Å². The van der Waals surface area contributed by atoms with Crippen LogP contribution in [-0.4, -0.2) is 64.8 Å². The van der Waals surface area contributed by atoms with E-state index < -0.39 is 0 Å². The van der Waals surface area contributed by atoms with E-state index in [9.17, 15) is 4.79 Å². The van der Waals surface area contributed by atoms with Crippen molar-refractivity contribution in [3.63, 3.8) is 0 Å². The third kappa shape index (κ3) is 4.14. The minimum absolute atomic E-state index is 0.0479. The lowest BCUT2D eigenvalue weighted by Gasteiger charge is -2.34. The molecule has 0 unspecified atom stereocenters. The van der Waals surface area contributed by atoms with Crippen LogP contribution in [0.25, 0.3) is 0 Å². The number of carbonyl (C=O) groups is 1. The highest BCUT2D eigenvalue weighted by Crippen LogP contribution is 2.21. The Bertz CT molecular complexity index is 724. The largest absolute Gasteiger partial charge is 0.492 e. The second kappa shape index (κ2) is 7.89. The van der Waals surface area contributed by atoms with Crippen LogP contribution in [0.3, 0.4) is 0 Å². The van der Waals surface area contributed by atoms with Crippen LogP contribution in [0.2, 0.25) is 5.02 Å². The molecule has 1 aromatic carbocycles. The second-order valence-corrected chi connectivity index (χ2v) is 6.54. The molecule has 1 aliphatic rings. The Balaban J connectivity index is 1.47. The van der Waals surface area contributed by atoms with Crippen molar-refractivity contribution in [1.29, 1.82) is 0 Å². The molecule has 0 atom stereocenters. The Hall–Kier alpha value is -2.05. The number of piperazine rings is 1. The fraction of sp³-hybridized carbons (Fsp3) is 0.444. The van der Waals surface area contributed by atoms with Gasteiger partial charge >= 0.3 is 0 Å². The highest BCUT2D eigenvalue weighted by atomic mass is 35.5. The predicted molar refractivity (Wildman–Crippen MR) is 97.2 cm³/mol. The summed E-state index contributed by atoms with van der Waals surface area (Å²) in [6.45, 7) is 6.34. The van der Waals surface area contributed by atoms with E-state index in [4.69, 9.17) is 16.3 Å². The summed E-state index contributed by atoms with van der Waals surface area (Å²) in [7, 11) is 1.75. The minimum atomic E-state index is -0.0479. The lowest BCUT2D eigenvalue weighted by molar-refractivity contribution is 0.0610. The van der Waals surface area contributed by atoms with Crippen LogP contribution in [0.5, 0.6) is 5.75 Å². The van der Waals surface area contributed by atoms with Crippen LogP contribution in [0.4, 0.5) is 0 Å². The third-order valence-corrected chi connectivity index (χ3v) is 4.88. The minimum Gasteiger partial charge on any atom is -0.492 e. The maximum absolute atomic E-state index is 12.7. The van der Waals surface area contributed by atoms with Gasteiger partial charge < -0.3 is 9.64 Å². The SMILES string of the molecule is Cc1nn(C)c(C(=O)N2CCN(CCOc3ccccc3)CC2)c1Cl. The van der Waals surface area contributed by atoms with Gasteiger partial charge in [-0.05, 0) is 19.1 Å². The van der Waals surface area contributed by atoms with E-state index in [0.717, 1.165) is 25.4 Å². The van der Waals surface area contributed by atoms with Crippen LogP contribution in [0.15, 0.2) is 30.3 Å². The zero-order valence-corrected chi connectivity index (χ0v) is 15.4. The van der Waals surface area contributed by atoms with Crippen molar-refractivity contribution < 1.29 is 9.53 Å². The maximum atomic E-state index is 12.7. The first-order valence-electron chi connectivity index (χ1n) is 8.45. The van der Waals surface area contributed by atoms with Gasteiger partial charge in [0.05, 0.1) is 10.7 Å². The zero-order chi connectivity index (χ0) is 17.8. The lowest BCUT2D eigenvalue weighted by atomic mass is 10.2. The monoisotopic (exact) mass is 362 g/mol. The normalized spacial score (nSPS) is 15.4. The molecule has 0 aliphatic carbocycles. The standard InChI is InChI=1S/C18H23ClN4O2/c1-14-16(19)17(21(2)20-14)18(24)23-10-8-22(9-11-23)12-13-25-15-6-4-3-5-7-15/h3-7H,8-13H2,1-2H3. The molecule has 0 bridgehead atoms. The summed E-state index contributed by atoms with van der Waals surface area (Å²) in [6, 6.07) is 9.81. The van der Waals surface area contributed by atoms with Crippen molar-refractivity contribution in [3.05, 3.63) is 46.7 Å². The average Bonchev–Trinajstić information content (AvgIpc) is 2.88. The van der Waals surface area contributed by atoms with Crippen molar-refractivity contribution in [2.24, 2.45) is 7.05 Å². The number of nitrogens with zero attached hydrogens (tertiary/aromatic N) is 4. The maximum Gasteiger partial charge on any atom is 0.273 e. The number of benzene rings is 1. The third-order valence-electron chi connectivity index (χ3n) is 4.43. The van der Waals surface area contributed by atoms with Crippen molar-refractivity contribution in [2.75, 3.05) is 39.3 Å². The zero-order valence-electron chi connectivity index (χ0n) is 14.6. The summed E-state index contributed by atoms with van der Waals surface area (Å²) >= 11 is 6.23. The number of carbonyl (C=O) groups excluding carboxylic acids is 1. The smallest absolute Gasteiger partial charge is 0.273 e. The number of hydrogen-bond donors (Lipinski definition) is 0. The van der Waals surface area contributed by atoms with Crippen molar-refractivity contribution >= 4 is 17.5 Å². The quantitative estimate of drug-likeness (QED) is 0.818. The molecule has 25 heavy (non-hydrogen) atoms. The second-order valence-electron chi connectivity index (χ2n) is 6.17. The van der Waals surface area contributed by atoms with Crippen molar-refractivity contribution in [1.82, 2.24) is 19.6 Å². The van der Waals surface area contributed by atoms with Crippen molar-refractivity contribution in [3.8, 4) is 5.75 Å². The van der Waals surface area contributed by atoms with Gasteiger partial charge in [0.15, 0.2) is 0 Å². The molecule has 7 heteroatoms. The molecule has 1 aliphatic heterocycles. The molecule has 0 saturated carbocycles. The van der Waals surface area contributed by atoms with E-state index in [1.165, 1.54) is 0 Å². The predicted octanol–water partition coefficient (Wildman–Crippen LogP) is 2.22. The summed E-state index contributed by atoms with van der Waals surface area (Å²) in [5.74, 6) is 0.839. The lowest BCUT2D eigenvalue weighted by Crippen LogP contribution is -2.49. The highest BCUT2D eigenvalue weighted by Gasteiger charge is 2.27. The average molecular weight is 363 g/mol. The molecule has 1 saturated heterocycles. The molecule has 2 aromatic rings. The van der Waals surface area contributed by atoms with Crippen LogP contribution in [-0.2, 0) is 7.05 Å². The summed E-state index contributed by atoms with van der Waals surface area (Å²) < 4.78 is 7.30. The first-order valence-corrected chi connectivity index (χ1v) is 8.82. The van der Waals surface area contributed by atoms with E-state index in [-0.39, 0.29) is 5.91 Å². The van der Waals surface area contributed by atoms with E-state index in [0.29, 0.717) is 36.1 Å². The van der Waals surface area contributed by atoms with E-state index in [2.05, 4.69) is 10.00 Å². The van der Waals surface area contributed by atoms with E-state index >= 15 is 0 Å². The van der Waals surface area contributed by atoms with Gasteiger partial charge in [0, 0.05) is 39.8 Å². The molecule has 2 heterocycles. The van der Waals surface area contributed by atoms with Crippen LogP contribution < -0.4 is 4.74 Å². The Labute approximate surface area is 152 Å². The summed E-state index contributed by atoms with van der Waals surface area (Å²) in [6.07, 6.45) is 0. The Kier molecular flexibility index (Phi) is 5.60. The molecule has 134 valence electrons. The van der Waals surface area contributed by atoms with Gasteiger partial charge in [0.1, 0.15) is 18.1 Å². The number of para-hydroxylation sites is 1. The fourth-order valence-corrected chi connectivity index (χ4v) is 3.24. The molecule has 3 rings (SSSR count). The summed E-state index contributed by atoms with van der Waals surface area (Å²) in [5, 5.41) is 4.67. The van der Waals surface area contributed by atoms with Crippen LogP contribution in [0, 0.1) is 6.92 Å². The molecule has 0 radical (unpaired) electrons. The fourth-order valence-electron chi connectivity index (χ4n) is 3.00. The molecule has 1 amide bonds. The molecule has 1 fully saturated rings. The van der Waals surface area contributed by atoms with Gasteiger partial charge in [-0.2, -0.15) is 5.10 Å². The molecular formula is C18H23ClN4O2. The van der Waals surface area contributed by atoms with Crippen molar-refractivity contribution in [2.45, 2.75) is 6.92 Å². The first-order chi connectivity index (χ1) is 12.1. The van der Waals surface area contributed by atoms with E-state index in [1.54, 1.807) is 11.7 Å². The number of halogens is 1. The first kappa shape index (κ1) is 17.8. The van der Waals surface area contributed by atoms with Gasteiger partial charge in [-0.15, -0.1) is 0 Å². The number of aryl methyl sites for hydroxylation is 2. The van der Waals surface area contributed by atoms with Gasteiger partial charge in [0.25, 0.3) is 5.91 Å². The summed E-state index contributed by atoms with van der Waals surface area (Å²) in [4.78, 5) is 16.9. The van der Waals surface area contributed by atoms with Gasteiger partial charge in [-0.3, -0.25) is 14.4 Å². The molecular weight excluding hydrogens is 340 g/mol. The molecule has 1 aromatic heterocycles. The summed E-state index contributed by atoms with van der Waals surface area (Å²) in [5.41, 5.74) is 1.16. The molecule has 0 N–H and O–H groups in total. The van der Waals surface area contributed by atoms with Gasteiger partial charge in [0.2, 0.25) is 0 Å². The molecule has 6 nitrogen and oxygen atoms in total. The van der Waals surface area contributed by atoms with Gasteiger partial charge in [-0.1, -0.05) is 29.8 Å². The topological polar surface area (TPSA) is 50.6 Å². The number of hydrogen-bond acceptors (Lipinski definition) is 4. The Morgan fingerprint density at radius 2 is 1.88 bits per heavy atom. The Morgan fingerprint density at radius 1 is 1.20 bits per heavy atom. The number of ether oxygens (including phenoxy) is 1. The van der Waals surface area contributed by atoms with Gasteiger partial charge in [-0.25, -0.2) is 0 Å².